The molecular weight excluding hydrogens is 360 g/mol. The Morgan fingerprint density at radius 3 is 2.41 bits per heavy atom. The Kier molecular flexibility index (Phi) is 5.97. The fourth-order valence-corrected chi connectivity index (χ4v) is 4.81. The van der Waals surface area contributed by atoms with Crippen molar-refractivity contribution in [1.29, 1.82) is 0 Å². The van der Waals surface area contributed by atoms with E-state index in [1.807, 2.05) is 38.1 Å². The van der Waals surface area contributed by atoms with Gasteiger partial charge in [-0.1, -0.05) is 42.3 Å². The Hall–Kier alpha value is -2.18. The van der Waals surface area contributed by atoms with E-state index >= 15 is 0 Å². The van der Waals surface area contributed by atoms with Crippen molar-refractivity contribution in [2.75, 3.05) is 0 Å². The Bertz CT molecular complexity index is 921. The molecule has 3 rings (SSSR count). The van der Waals surface area contributed by atoms with E-state index in [2.05, 4.69) is 4.72 Å². The maximum Gasteiger partial charge on any atom is 0.241 e. The molecule has 0 aliphatic heterocycles. The molecule has 6 heteroatoms. The SMILES string of the molecule is Cc1ccc(S(=O)(=O)N[C@@H]2CCCC[C@H]2/[N+]([O-])=C/c2ccccc2C)cc1. The maximum absolute atomic E-state index is 12.8. The molecule has 1 aliphatic rings. The van der Waals surface area contributed by atoms with Crippen LogP contribution in [0.5, 0.6) is 0 Å². The van der Waals surface area contributed by atoms with Gasteiger partial charge in [0.25, 0.3) is 0 Å². The fourth-order valence-electron chi connectivity index (χ4n) is 3.50. The fraction of sp³-hybridized carbons (Fsp3) is 0.381. The molecule has 0 heterocycles. The number of aryl methyl sites for hydroxylation is 2. The van der Waals surface area contributed by atoms with Crippen LogP contribution in [0.25, 0.3) is 0 Å². The summed E-state index contributed by atoms with van der Waals surface area (Å²) in [6.45, 7) is 3.87. The minimum absolute atomic E-state index is 0.234. The lowest BCUT2D eigenvalue weighted by Gasteiger charge is -2.30. The molecule has 0 radical (unpaired) electrons. The van der Waals surface area contributed by atoms with E-state index in [9.17, 15) is 13.6 Å². The maximum atomic E-state index is 12.8. The number of nitrogens with one attached hydrogen (secondary N) is 1. The van der Waals surface area contributed by atoms with Crippen molar-refractivity contribution in [2.24, 2.45) is 0 Å². The number of hydrogen-bond donors (Lipinski definition) is 1. The molecule has 1 saturated carbocycles. The van der Waals surface area contributed by atoms with Gasteiger partial charge >= 0.3 is 0 Å². The Balaban J connectivity index is 1.83. The van der Waals surface area contributed by atoms with Crippen LogP contribution in [0.1, 0.15) is 42.4 Å². The van der Waals surface area contributed by atoms with Crippen LogP contribution < -0.4 is 4.72 Å². The van der Waals surface area contributed by atoms with Crippen LogP contribution in [0.3, 0.4) is 0 Å². The third-order valence-corrected chi connectivity index (χ3v) is 6.65. The third kappa shape index (κ3) is 4.76. The van der Waals surface area contributed by atoms with E-state index in [4.69, 9.17) is 0 Å². The predicted octanol–water partition coefficient (Wildman–Crippen LogP) is 3.52. The lowest BCUT2D eigenvalue weighted by atomic mass is 9.91. The summed E-state index contributed by atoms with van der Waals surface area (Å²) < 4.78 is 29.2. The molecule has 1 aliphatic carbocycles. The Morgan fingerprint density at radius 1 is 1.04 bits per heavy atom. The minimum Gasteiger partial charge on any atom is -0.624 e. The van der Waals surface area contributed by atoms with Gasteiger partial charge in [-0.25, -0.2) is 17.9 Å². The molecule has 2 aromatic carbocycles. The molecule has 0 spiro atoms. The van der Waals surface area contributed by atoms with Crippen molar-refractivity contribution in [1.82, 2.24) is 4.72 Å². The average molecular weight is 387 g/mol. The number of rotatable bonds is 5. The molecule has 0 bridgehead atoms. The molecule has 0 aromatic heterocycles. The van der Waals surface area contributed by atoms with Crippen molar-refractivity contribution in [3.05, 3.63) is 70.4 Å². The highest BCUT2D eigenvalue weighted by Crippen LogP contribution is 2.23. The summed E-state index contributed by atoms with van der Waals surface area (Å²) in [5, 5.41) is 12.8. The summed E-state index contributed by atoms with van der Waals surface area (Å²) in [6.07, 6.45) is 4.76. The average Bonchev–Trinajstić information content (AvgIpc) is 2.64. The molecule has 144 valence electrons. The molecule has 0 unspecified atom stereocenters. The van der Waals surface area contributed by atoms with Gasteiger partial charge in [-0.15, -0.1) is 0 Å². The molecule has 1 fully saturated rings. The lowest BCUT2D eigenvalue weighted by Crippen LogP contribution is -2.49. The van der Waals surface area contributed by atoms with Crippen LogP contribution in [-0.2, 0) is 10.0 Å². The van der Waals surface area contributed by atoms with E-state index in [1.165, 1.54) is 0 Å². The van der Waals surface area contributed by atoms with Crippen LogP contribution in [0, 0.1) is 19.1 Å². The first-order chi connectivity index (χ1) is 12.9. The molecular formula is C21H26N2O3S. The van der Waals surface area contributed by atoms with Gasteiger partial charge in [0.2, 0.25) is 10.0 Å². The van der Waals surface area contributed by atoms with Crippen molar-refractivity contribution in [3.63, 3.8) is 0 Å². The van der Waals surface area contributed by atoms with Crippen LogP contribution in [0.2, 0.25) is 0 Å². The summed E-state index contributed by atoms with van der Waals surface area (Å²) in [5.74, 6) is 0. The third-order valence-electron chi connectivity index (χ3n) is 5.15. The topological polar surface area (TPSA) is 72.2 Å². The number of benzene rings is 2. The summed E-state index contributed by atoms with van der Waals surface area (Å²) in [5.41, 5.74) is 2.88. The predicted molar refractivity (Wildman–Crippen MR) is 108 cm³/mol. The molecule has 2 atom stereocenters. The minimum atomic E-state index is -3.65. The zero-order valence-corrected chi connectivity index (χ0v) is 16.6. The largest absolute Gasteiger partial charge is 0.624 e. The summed E-state index contributed by atoms with van der Waals surface area (Å²) in [4.78, 5) is 0.234. The van der Waals surface area contributed by atoms with Gasteiger partial charge in [0.15, 0.2) is 12.3 Å². The van der Waals surface area contributed by atoms with Gasteiger partial charge in [-0.05, 0) is 50.5 Å². The first-order valence-electron chi connectivity index (χ1n) is 9.32. The number of hydroxylamine groups is 1. The second-order valence-corrected chi connectivity index (χ2v) is 8.95. The lowest BCUT2D eigenvalue weighted by molar-refractivity contribution is -0.504. The molecule has 0 saturated heterocycles. The van der Waals surface area contributed by atoms with E-state index in [0.29, 0.717) is 12.8 Å². The Labute approximate surface area is 161 Å². The molecule has 5 nitrogen and oxygen atoms in total. The second kappa shape index (κ2) is 8.23. The van der Waals surface area contributed by atoms with E-state index in [1.54, 1.807) is 30.5 Å². The van der Waals surface area contributed by atoms with Gasteiger partial charge in [0.05, 0.1) is 10.9 Å². The first-order valence-corrected chi connectivity index (χ1v) is 10.8. The molecule has 2 aromatic rings. The molecule has 0 amide bonds. The van der Waals surface area contributed by atoms with Crippen molar-refractivity contribution in [3.8, 4) is 0 Å². The summed E-state index contributed by atoms with van der Waals surface area (Å²) in [7, 11) is -3.65. The second-order valence-electron chi connectivity index (χ2n) is 7.24. The number of sulfonamides is 1. The van der Waals surface area contributed by atoms with Gasteiger partial charge < -0.3 is 5.21 Å². The highest BCUT2D eigenvalue weighted by molar-refractivity contribution is 7.89. The van der Waals surface area contributed by atoms with E-state index in [-0.39, 0.29) is 4.90 Å². The normalized spacial score (nSPS) is 21.2. The summed E-state index contributed by atoms with van der Waals surface area (Å²) >= 11 is 0. The van der Waals surface area contributed by atoms with Crippen LogP contribution in [0.15, 0.2) is 53.4 Å². The van der Waals surface area contributed by atoms with Gasteiger partial charge in [-0.3, -0.25) is 0 Å². The van der Waals surface area contributed by atoms with Crippen molar-refractivity contribution in [2.45, 2.75) is 56.5 Å². The van der Waals surface area contributed by atoms with Gasteiger partial charge in [-0.2, -0.15) is 0 Å². The van der Waals surface area contributed by atoms with Gasteiger partial charge in [0, 0.05) is 12.0 Å². The highest BCUT2D eigenvalue weighted by Gasteiger charge is 2.34. The molecule has 27 heavy (non-hydrogen) atoms. The molecule has 1 N–H and O–H groups in total. The zero-order valence-electron chi connectivity index (χ0n) is 15.8. The summed E-state index contributed by atoms with van der Waals surface area (Å²) in [6, 6.07) is 13.6. The first kappa shape index (κ1) is 19.6. The van der Waals surface area contributed by atoms with E-state index in [0.717, 1.165) is 34.3 Å². The van der Waals surface area contributed by atoms with Crippen LogP contribution in [-0.4, -0.2) is 31.5 Å². The van der Waals surface area contributed by atoms with Crippen LogP contribution in [0.4, 0.5) is 0 Å². The highest BCUT2D eigenvalue weighted by atomic mass is 32.2. The van der Waals surface area contributed by atoms with E-state index < -0.39 is 22.1 Å². The Morgan fingerprint density at radius 2 is 1.70 bits per heavy atom. The number of hydrogen-bond acceptors (Lipinski definition) is 3. The smallest absolute Gasteiger partial charge is 0.241 e. The number of nitrogens with zero attached hydrogens (tertiary/aromatic N) is 1. The van der Waals surface area contributed by atoms with Crippen molar-refractivity contribution < 1.29 is 13.2 Å². The monoisotopic (exact) mass is 386 g/mol. The van der Waals surface area contributed by atoms with Crippen LogP contribution >= 0.6 is 0 Å². The zero-order chi connectivity index (χ0) is 19.4. The standard InChI is InChI=1S/C21H26N2O3S/c1-16-11-13-19(14-12-16)27(25,26)22-20-9-5-6-10-21(20)23(24)15-18-8-4-3-7-17(18)2/h3-4,7-8,11-15,20-22H,5-6,9-10H2,1-2H3/b23-15-/t20-,21-/m1/s1. The van der Waals surface area contributed by atoms with Gasteiger partial charge in [0.1, 0.15) is 0 Å². The van der Waals surface area contributed by atoms with Crippen molar-refractivity contribution >= 4 is 16.2 Å². The quantitative estimate of drug-likeness (QED) is 0.370.